The van der Waals surface area contributed by atoms with E-state index < -0.39 is 0 Å². The van der Waals surface area contributed by atoms with Crippen LogP contribution in [0.15, 0.2) is 73.1 Å². The Morgan fingerprint density at radius 2 is 1.76 bits per heavy atom. The summed E-state index contributed by atoms with van der Waals surface area (Å²) in [6.45, 7) is 0.765. The lowest BCUT2D eigenvalue weighted by molar-refractivity contribution is 0.961. The lowest BCUT2D eigenvalue weighted by Crippen LogP contribution is -1.99. The smallest absolute Gasteiger partial charge is 0.0711 e. The second-order valence-electron chi connectivity index (χ2n) is 5.08. The Morgan fingerprint density at radius 1 is 0.905 bits per heavy atom. The zero-order valence-electron chi connectivity index (χ0n) is 11.5. The Kier molecular flexibility index (Phi) is 2.82. The average Bonchev–Trinajstić information content (AvgIpc) is 2.96. The topological polar surface area (TPSA) is 29.3 Å². The van der Waals surface area contributed by atoms with Crippen molar-refractivity contribution in [2.24, 2.45) is 0 Å². The molecule has 0 aliphatic heterocycles. The van der Waals surface area contributed by atoms with Gasteiger partial charge in [-0.15, -0.1) is 0 Å². The maximum absolute atomic E-state index is 4.37. The summed E-state index contributed by atoms with van der Waals surface area (Å²) in [4.78, 5) is 0. The first kappa shape index (κ1) is 12.0. The minimum absolute atomic E-state index is 0.765. The Morgan fingerprint density at radius 3 is 2.76 bits per heavy atom. The molecule has 0 bridgehead atoms. The van der Waals surface area contributed by atoms with E-state index in [0.29, 0.717) is 0 Å². The number of benzene rings is 2. The van der Waals surface area contributed by atoms with Crippen LogP contribution in [0.4, 0.5) is 5.69 Å². The summed E-state index contributed by atoms with van der Waals surface area (Å²) in [7, 11) is 0. The molecule has 2 aromatic heterocycles. The highest BCUT2D eigenvalue weighted by molar-refractivity contribution is 5.93. The van der Waals surface area contributed by atoms with Gasteiger partial charge in [-0.2, -0.15) is 5.10 Å². The second kappa shape index (κ2) is 4.94. The molecule has 0 saturated carbocycles. The summed E-state index contributed by atoms with van der Waals surface area (Å²) >= 11 is 0. The van der Waals surface area contributed by atoms with E-state index in [0.717, 1.165) is 17.7 Å². The number of nitrogens with one attached hydrogen (secondary N) is 1. The Labute approximate surface area is 122 Å². The summed E-state index contributed by atoms with van der Waals surface area (Å²) < 4.78 is 1.90. The second-order valence-corrected chi connectivity index (χ2v) is 5.08. The molecular formula is C18H15N3. The minimum Gasteiger partial charge on any atom is -0.380 e. The maximum atomic E-state index is 4.37. The Bertz CT molecular complexity index is 903. The summed E-state index contributed by atoms with van der Waals surface area (Å²) in [6, 6.07) is 20.9. The quantitative estimate of drug-likeness (QED) is 0.609. The van der Waals surface area contributed by atoms with Crippen molar-refractivity contribution >= 4 is 22.0 Å². The van der Waals surface area contributed by atoms with Gasteiger partial charge in [-0.05, 0) is 23.6 Å². The predicted octanol–water partition coefficient (Wildman–Crippen LogP) is 4.10. The molecule has 2 aromatic carbocycles. The van der Waals surface area contributed by atoms with Crippen molar-refractivity contribution in [2.75, 3.05) is 5.32 Å². The summed E-state index contributed by atoms with van der Waals surface area (Å²) in [5.41, 5.74) is 3.50. The SMILES string of the molecule is c1ccc2c(NCc3cnn4ccccc34)cccc2c1. The summed E-state index contributed by atoms with van der Waals surface area (Å²) in [5.74, 6) is 0. The van der Waals surface area contributed by atoms with Crippen molar-refractivity contribution in [3.8, 4) is 0 Å². The van der Waals surface area contributed by atoms with Gasteiger partial charge in [0.05, 0.1) is 11.7 Å². The van der Waals surface area contributed by atoms with Gasteiger partial charge in [0, 0.05) is 29.4 Å². The molecule has 0 amide bonds. The van der Waals surface area contributed by atoms with Crippen molar-refractivity contribution < 1.29 is 0 Å². The predicted molar refractivity (Wildman–Crippen MR) is 86.5 cm³/mol. The monoisotopic (exact) mass is 273 g/mol. The standard InChI is InChI=1S/C18H15N3/c1-2-8-16-14(6-1)7-5-9-17(16)19-12-15-13-20-21-11-4-3-10-18(15)21/h1-11,13,19H,12H2. The zero-order valence-corrected chi connectivity index (χ0v) is 11.5. The number of rotatable bonds is 3. The number of pyridine rings is 1. The highest BCUT2D eigenvalue weighted by Gasteiger charge is 2.04. The fourth-order valence-corrected chi connectivity index (χ4v) is 2.69. The van der Waals surface area contributed by atoms with Gasteiger partial charge in [0.1, 0.15) is 0 Å². The highest BCUT2D eigenvalue weighted by atomic mass is 15.2. The molecule has 21 heavy (non-hydrogen) atoms. The van der Waals surface area contributed by atoms with Crippen LogP contribution >= 0.6 is 0 Å². The molecule has 0 atom stereocenters. The van der Waals surface area contributed by atoms with Gasteiger partial charge in [-0.3, -0.25) is 0 Å². The summed E-state index contributed by atoms with van der Waals surface area (Å²) in [6.07, 6.45) is 3.89. The fraction of sp³-hybridized carbons (Fsp3) is 0.0556. The molecule has 0 aliphatic rings. The molecule has 102 valence electrons. The van der Waals surface area contributed by atoms with Crippen molar-refractivity contribution in [2.45, 2.75) is 6.54 Å². The molecule has 3 heteroatoms. The first-order valence-corrected chi connectivity index (χ1v) is 7.05. The molecule has 0 spiro atoms. The molecule has 4 rings (SSSR count). The molecular weight excluding hydrogens is 258 g/mol. The third-order valence-corrected chi connectivity index (χ3v) is 3.77. The molecule has 0 fully saturated rings. The van der Waals surface area contributed by atoms with Crippen LogP contribution < -0.4 is 5.32 Å². The first-order valence-electron chi connectivity index (χ1n) is 7.05. The molecule has 0 saturated heterocycles. The van der Waals surface area contributed by atoms with Gasteiger partial charge >= 0.3 is 0 Å². The molecule has 0 radical (unpaired) electrons. The van der Waals surface area contributed by atoms with Gasteiger partial charge in [0.25, 0.3) is 0 Å². The van der Waals surface area contributed by atoms with Crippen LogP contribution in [0.25, 0.3) is 16.3 Å². The molecule has 1 N–H and O–H groups in total. The molecule has 3 nitrogen and oxygen atoms in total. The van der Waals surface area contributed by atoms with Gasteiger partial charge in [0.2, 0.25) is 0 Å². The summed E-state index contributed by atoms with van der Waals surface area (Å²) in [5, 5.41) is 10.4. The van der Waals surface area contributed by atoms with Gasteiger partial charge < -0.3 is 5.32 Å². The lowest BCUT2D eigenvalue weighted by Gasteiger charge is -2.09. The van der Waals surface area contributed by atoms with Gasteiger partial charge in [-0.25, -0.2) is 4.52 Å². The van der Waals surface area contributed by atoms with Crippen LogP contribution in [0.5, 0.6) is 0 Å². The van der Waals surface area contributed by atoms with E-state index in [9.17, 15) is 0 Å². The molecule has 2 heterocycles. The number of hydrogen-bond donors (Lipinski definition) is 1. The molecule has 0 aliphatic carbocycles. The van der Waals surface area contributed by atoms with Crippen molar-refractivity contribution in [3.05, 3.63) is 78.6 Å². The largest absolute Gasteiger partial charge is 0.380 e. The fourth-order valence-electron chi connectivity index (χ4n) is 2.69. The number of aromatic nitrogens is 2. The van der Waals surface area contributed by atoms with E-state index in [1.807, 2.05) is 29.0 Å². The number of hydrogen-bond acceptors (Lipinski definition) is 2. The molecule has 4 aromatic rings. The third kappa shape index (κ3) is 2.13. The Hall–Kier alpha value is -2.81. The highest BCUT2D eigenvalue weighted by Crippen LogP contribution is 2.23. The van der Waals surface area contributed by atoms with E-state index in [-0.39, 0.29) is 0 Å². The Balaban J connectivity index is 1.67. The molecule has 0 unspecified atom stereocenters. The van der Waals surface area contributed by atoms with E-state index in [1.54, 1.807) is 0 Å². The number of nitrogens with zero attached hydrogens (tertiary/aromatic N) is 2. The first-order chi connectivity index (χ1) is 10.4. The van der Waals surface area contributed by atoms with Crippen molar-refractivity contribution in [3.63, 3.8) is 0 Å². The third-order valence-electron chi connectivity index (χ3n) is 3.77. The lowest BCUT2D eigenvalue weighted by atomic mass is 10.1. The van der Waals surface area contributed by atoms with E-state index in [2.05, 4.69) is 58.9 Å². The van der Waals surface area contributed by atoms with Gasteiger partial charge in [0.15, 0.2) is 0 Å². The van der Waals surface area contributed by atoms with Crippen molar-refractivity contribution in [1.82, 2.24) is 9.61 Å². The van der Waals surface area contributed by atoms with E-state index >= 15 is 0 Å². The minimum atomic E-state index is 0.765. The van der Waals surface area contributed by atoms with E-state index in [1.165, 1.54) is 16.3 Å². The van der Waals surface area contributed by atoms with Gasteiger partial charge in [-0.1, -0.05) is 42.5 Å². The number of fused-ring (bicyclic) bond motifs is 2. The number of anilines is 1. The van der Waals surface area contributed by atoms with Crippen LogP contribution in [0.1, 0.15) is 5.56 Å². The van der Waals surface area contributed by atoms with E-state index in [4.69, 9.17) is 0 Å². The van der Waals surface area contributed by atoms with Crippen LogP contribution in [0, 0.1) is 0 Å². The van der Waals surface area contributed by atoms with Crippen LogP contribution in [0.2, 0.25) is 0 Å². The van der Waals surface area contributed by atoms with Crippen LogP contribution in [-0.2, 0) is 6.54 Å². The van der Waals surface area contributed by atoms with Crippen molar-refractivity contribution in [1.29, 1.82) is 0 Å². The zero-order chi connectivity index (χ0) is 14.1. The van der Waals surface area contributed by atoms with Crippen LogP contribution in [0.3, 0.4) is 0 Å². The van der Waals surface area contributed by atoms with Crippen LogP contribution in [-0.4, -0.2) is 9.61 Å². The average molecular weight is 273 g/mol. The normalized spacial score (nSPS) is 11.0. The maximum Gasteiger partial charge on any atom is 0.0711 e.